The molecule has 0 unspecified atom stereocenters. The molecule has 1 heterocycles. The van der Waals surface area contributed by atoms with Crippen LogP contribution in [0.3, 0.4) is 0 Å². The van der Waals surface area contributed by atoms with E-state index in [1.54, 1.807) is 0 Å². The number of fused-ring (bicyclic) bond motifs is 2. The molecule has 1 nitrogen and oxygen atoms in total. The zero-order valence-electron chi connectivity index (χ0n) is 8.15. The number of hydrogen-bond donors (Lipinski definition) is 1. The Hall–Kier alpha value is -0.530. The first-order valence-electron chi connectivity index (χ1n) is 5.34. The average Bonchev–Trinajstić information content (AvgIpc) is 2.13. The molecule has 1 aromatic rings. The lowest BCUT2D eigenvalue weighted by atomic mass is 9.71. The summed E-state index contributed by atoms with van der Waals surface area (Å²) >= 11 is 6.01. The highest BCUT2D eigenvalue weighted by molar-refractivity contribution is 6.30. The summed E-state index contributed by atoms with van der Waals surface area (Å²) in [5.41, 5.74) is 3.27. The van der Waals surface area contributed by atoms with E-state index in [-0.39, 0.29) is 0 Å². The zero-order valence-corrected chi connectivity index (χ0v) is 8.90. The van der Waals surface area contributed by atoms with E-state index < -0.39 is 0 Å². The van der Waals surface area contributed by atoms with Crippen molar-refractivity contribution in [2.45, 2.75) is 31.2 Å². The molecule has 3 rings (SSSR count). The van der Waals surface area contributed by atoms with E-state index >= 15 is 0 Å². The molecule has 1 aliphatic carbocycles. The molecule has 14 heavy (non-hydrogen) atoms. The van der Waals surface area contributed by atoms with Gasteiger partial charge in [-0.3, -0.25) is 0 Å². The summed E-state index contributed by atoms with van der Waals surface area (Å²) in [6, 6.07) is 6.37. The van der Waals surface area contributed by atoms with Gasteiger partial charge in [0.25, 0.3) is 0 Å². The Kier molecular flexibility index (Phi) is 1.86. The Morgan fingerprint density at radius 3 is 2.86 bits per heavy atom. The van der Waals surface area contributed by atoms with Gasteiger partial charge in [-0.15, -0.1) is 0 Å². The fourth-order valence-electron chi connectivity index (χ4n) is 2.82. The molecule has 0 aromatic heterocycles. The first-order chi connectivity index (χ1) is 6.80. The van der Waals surface area contributed by atoms with E-state index in [1.165, 1.54) is 43.4 Å². The van der Waals surface area contributed by atoms with Gasteiger partial charge < -0.3 is 5.32 Å². The van der Waals surface area contributed by atoms with E-state index in [1.807, 2.05) is 6.07 Å². The molecule has 2 heteroatoms. The van der Waals surface area contributed by atoms with Crippen LogP contribution >= 0.6 is 11.6 Å². The summed E-state index contributed by atoms with van der Waals surface area (Å²) in [7, 11) is 0. The van der Waals surface area contributed by atoms with Crippen LogP contribution in [-0.2, 0) is 12.0 Å². The number of nitrogens with one attached hydrogen (secondary N) is 1. The highest BCUT2D eigenvalue weighted by Gasteiger charge is 2.40. The number of benzene rings is 1. The fraction of sp³-hybridized carbons (Fsp3) is 0.500. The third kappa shape index (κ3) is 1.12. The van der Waals surface area contributed by atoms with Gasteiger partial charge in [0.1, 0.15) is 0 Å². The average molecular weight is 208 g/mol. The molecule has 0 radical (unpaired) electrons. The van der Waals surface area contributed by atoms with Crippen LogP contribution in [0.2, 0.25) is 5.02 Å². The van der Waals surface area contributed by atoms with E-state index in [9.17, 15) is 0 Å². The van der Waals surface area contributed by atoms with Gasteiger partial charge in [0.15, 0.2) is 0 Å². The second-order valence-corrected chi connectivity index (χ2v) is 4.85. The first kappa shape index (κ1) is 8.75. The summed E-state index contributed by atoms with van der Waals surface area (Å²) in [5, 5.41) is 4.47. The van der Waals surface area contributed by atoms with Crippen molar-refractivity contribution in [3.8, 4) is 0 Å². The number of rotatable bonds is 0. The van der Waals surface area contributed by atoms with Gasteiger partial charge in [0.2, 0.25) is 0 Å². The van der Waals surface area contributed by atoms with Gasteiger partial charge in [0.05, 0.1) is 0 Å². The van der Waals surface area contributed by atoms with Crippen molar-refractivity contribution in [3.63, 3.8) is 0 Å². The predicted molar refractivity (Wildman–Crippen MR) is 58.7 cm³/mol. The molecule has 74 valence electrons. The highest BCUT2D eigenvalue weighted by Crippen LogP contribution is 2.42. The summed E-state index contributed by atoms with van der Waals surface area (Å²) in [4.78, 5) is 0. The van der Waals surface area contributed by atoms with E-state index in [4.69, 9.17) is 11.6 Å². The molecular weight excluding hydrogens is 194 g/mol. The van der Waals surface area contributed by atoms with Crippen molar-refractivity contribution in [2.24, 2.45) is 0 Å². The van der Waals surface area contributed by atoms with Gasteiger partial charge in [-0.25, -0.2) is 0 Å². The number of hydrogen-bond acceptors (Lipinski definition) is 1. The summed E-state index contributed by atoms with van der Waals surface area (Å²) in [6.45, 7) is 1.17. The van der Waals surface area contributed by atoms with E-state index in [0.29, 0.717) is 5.54 Å². The Morgan fingerprint density at radius 2 is 2.14 bits per heavy atom. The van der Waals surface area contributed by atoms with Gasteiger partial charge in [-0.05, 0) is 55.5 Å². The molecule has 0 amide bonds. The Balaban J connectivity index is 2.10. The number of halogens is 1. The zero-order chi connectivity index (χ0) is 9.60. The Morgan fingerprint density at radius 1 is 1.29 bits per heavy atom. The highest BCUT2D eigenvalue weighted by atomic mass is 35.5. The van der Waals surface area contributed by atoms with Crippen LogP contribution in [0.1, 0.15) is 30.4 Å². The summed E-state index contributed by atoms with van der Waals surface area (Å²) in [5.74, 6) is 0. The Labute approximate surface area is 89.5 Å². The normalized spacial score (nSPS) is 29.8. The monoisotopic (exact) mass is 207 g/mol. The molecule has 1 aromatic carbocycles. The first-order valence-corrected chi connectivity index (χ1v) is 5.72. The predicted octanol–water partition coefficient (Wildman–Crippen LogP) is 2.86. The summed E-state index contributed by atoms with van der Waals surface area (Å²) in [6.07, 6.45) is 5.07. The second kappa shape index (κ2) is 2.98. The lowest BCUT2D eigenvalue weighted by molar-refractivity contribution is 0.178. The molecule has 1 saturated heterocycles. The van der Waals surface area contributed by atoms with E-state index in [0.717, 1.165) is 5.02 Å². The molecule has 1 fully saturated rings. The van der Waals surface area contributed by atoms with Crippen molar-refractivity contribution < 1.29 is 0 Å². The quantitative estimate of drug-likeness (QED) is 0.690. The maximum atomic E-state index is 6.01. The van der Waals surface area contributed by atoms with Crippen LogP contribution in [0.5, 0.6) is 0 Å². The second-order valence-electron chi connectivity index (χ2n) is 4.41. The topological polar surface area (TPSA) is 12.0 Å². The minimum atomic E-state index is 0.318. The third-order valence-electron chi connectivity index (χ3n) is 3.65. The van der Waals surface area contributed by atoms with Crippen LogP contribution in [0, 0.1) is 0 Å². The molecule has 1 N–H and O–H groups in total. The van der Waals surface area contributed by atoms with Gasteiger partial charge >= 0.3 is 0 Å². The van der Waals surface area contributed by atoms with Gasteiger partial charge in [-0.1, -0.05) is 17.7 Å². The van der Waals surface area contributed by atoms with Crippen molar-refractivity contribution >= 4 is 11.6 Å². The molecule has 1 atom stereocenters. The molecule has 2 aliphatic rings. The van der Waals surface area contributed by atoms with Crippen molar-refractivity contribution in [1.82, 2.24) is 5.32 Å². The molecule has 0 saturated carbocycles. The van der Waals surface area contributed by atoms with Crippen LogP contribution < -0.4 is 5.32 Å². The van der Waals surface area contributed by atoms with Crippen molar-refractivity contribution in [1.29, 1.82) is 0 Å². The molecule has 0 bridgehead atoms. The maximum absolute atomic E-state index is 6.01. The lowest BCUT2D eigenvalue weighted by Crippen LogP contribution is -2.55. The minimum Gasteiger partial charge on any atom is -0.307 e. The van der Waals surface area contributed by atoms with Gasteiger partial charge in [-0.2, -0.15) is 0 Å². The summed E-state index contributed by atoms with van der Waals surface area (Å²) < 4.78 is 0. The smallest absolute Gasteiger partial charge is 0.0449 e. The number of aryl methyl sites for hydroxylation is 1. The molecule has 1 spiro atoms. The minimum absolute atomic E-state index is 0.318. The third-order valence-corrected chi connectivity index (χ3v) is 3.88. The largest absolute Gasteiger partial charge is 0.307 e. The SMILES string of the molecule is Clc1ccc2c(c1)CCC[C@@]21CCN1. The maximum Gasteiger partial charge on any atom is 0.0449 e. The molecule has 1 aliphatic heterocycles. The van der Waals surface area contributed by atoms with Crippen molar-refractivity contribution in [2.75, 3.05) is 6.54 Å². The molecular formula is C12H14ClN. The van der Waals surface area contributed by atoms with Crippen LogP contribution in [0.25, 0.3) is 0 Å². The van der Waals surface area contributed by atoms with Crippen molar-refractivity contribution in [3.05, 3.63) is 34.3 Å². The Bertz CT molecular complexity index is 369. The fourth-order valence-corrected chi connectivity index (χ4v) is 3.02. The van der Waals surface area contributed by atoms with Crippen LogP contribution in [0.15, 0.2) is 18.2 Å². The van der Waals surface area contributed by atoms with E-state index in [2.05, 4.69) is 17.4 Å². The van der Waals surface area contributed by atoms with Crippen LogP contribution in [-0.4, -0.2) is 6.54 Å². The van der Waals surface area contributed by atoms with Crippen LogP contribution in [0.4, 0.5) is 0 Å². The lowest BCUT2D eigenvalue weighted by Gasteiger charge is -2.47. The van der Waals surface area contributed by atoms with Gasteiger partial charge in [0, 0.05) is 10.6 Å². The standard InChI is InChI=1S/C12H14ClN/c13-10-3-4-11-9(8-10)2-1-5-12(11)6-7-14-12/h3-4,8,14H,1-2,5-7H2/t12-/m1/s1.